The van der Waals surface area contributed by atoms with Crippen LogP contribution in [-0.4, -0.2) is 23.0 Å². The molecule has 0 aliphatic rings. The zero-order chi connectivity index (χ0) is 16.8. The van der Waals surface area contributed by atoms with Gasteiger partial charge in [0.15, 0.2) is 11.9 Å². The minimum absolute atomic E-state index is 0.151. The topological polar surface area (TPSA) is 68.3 Å². The fraction of sp³-hybridized carbons (Fsp3) is 0.133. The maximum Gasteiger partial charge on any atom is 0.331 e. The normalized spacial score (nSPS) is 12.1. The van der Waals surface area contributed by atoms with E-state index in [1.165, 1.54) is 36.6 Å². The fourth-order valence-corrected chi connectivity index (χ4v) is 2.57. The van der Waals surface area contributed by atoms with Crippen molar-refractivity contribution >= 4 is 58.3 Å². The number of rotatable bonds is 5. The lowest BCUT2D eigenvalue weighted by Crippen LogP contribution is -2.29. The van der Waals surface area contributed by atoms with Crippen molar-refractivity contribution in [3.8, 4) is 0 Å². The van der Waals surface area contributed by atoms with E-state index in [1.807, 2.05) is 17.5 Å². The van der Waals surface area contributed by atoms with Crippen molar-refractivity contribution in [1.29, 1.82) is 0 Å². The number of carbonyl (C=O) groups is 2. The molecule has 0 saturated heterocycles. The molecule has 5 nitrogen and oxygen atoms in total. The molecule has 2 aromatic heterocycles. The van der Waals surface area contributed by atoms with Gasteiger partial charge in [-0.1, -0.05) is 29.3 Å². The Balaban J connectivity index is 1.90. The molecule has 0 radical (unpaired) electrons. The SMILES string of the molecule is C[C@@H](OC(=O)/C=C/c1cccs1)C(=O)Nc1ncc(Cl)cc1Cl. The monoisotopic (exact) mass is 370 g/mol. The van der Waals surface area contributed by atoms with Gasteiger partial charge in [-0.3, -0.25) is 4.79 Å². The van der Waals surface area contributed by atoms with Crippen LogP contribution in [0.3, 0.4) is 0 Å². The third-order valence-corrected chi connectivity index (χ3v) is 3.97. The number of nitrogens with zero attached hydrogens (tertiary/aromatic N) is 1. The first kappa shape index (κ1) is 17.5. The molecule has 2 aromatic rings. The van der Waals surface area contributed by atoms with Crippen LogP contribution < -0.4 is 5.32 Å². The maximum absolute atomic E-state index is 12.0. The molecule has 1 atom stereocenters. The Labute approximate surface area is 146 Å². The smallest absolute Gasteiger partial charge is 0.331 e. The summed E-state index contributed by atoms with van der Waals surface area (Å²) < 4.78 is 5.02. The standard InChI is InChI=1S/C15H12Cl2N2O3S/c1-9(22-13(20)5-4-11-3-2-6-23-11)15(21)19-14-12(17)7-10(16)8-18-14/h2-9H,1H3,(H,18,19,21)/b5-4+/t9-/m1/s1. The second-order valence-corrected chi connectivity index (χ2v) is 6.22. The number of amides is 1. The Morgan fingerprint density at radius 3 is 2.87 bits per heavy atom. The van der Waals surface area contributed by atoms with E-state index in [9.17, 15) is 9.59 Å². The number of carbonyl (C=O) groups excluding carboxylic acids is 2. The van der Waals surface area contributed by atoms with Crippen LogP contribution in [-0.2, 0) is 14.3 Å². The van der Waals surface area contributed by atoms with Gasteiger partial charge in [-0.05, 0) is 30.5 Å². The highest BCUT2D eigenvalue weighted by Crippen LogP contribution is 2.22. The molecule has 0 fully saturated rings. The molecular weight excluding hydrogens is 359 g/mol. The molecule has 2 heterocycles. The Morgan fingerprint density at radius 1 is 1.43 bits per heavy atom. The number of esters is 1. The number of hydrogen-bond acceptors (Lipinski definition) is 5. The lowest BCUT2D eigenvalue weighted by atomic mass is 10.3. The highest BCUT2D eigenvalue weighted by molar-refractivity contribution is 7.10. The van der Waals surface area contributed by atoms with Crippen molar-refractivity contribution in [2.45, 2.75) is 13.0 Å². The summed E-state index contributed by atoms with van der Waals surface area (Å²) in [7, 11) is 0. The van der Waals surface area contributed by atoms with Crippen LogP contribution in [0.2, 0.25) is 10.0 Å². The van der Waals surface area contributed by atoms with E-state index < -0.39 is 18.0 Å². The van der Waals surface area contributed by atoms with E-state index in [4.69, 9.17) is 27.9 Å². The van der Waals surface area contributed by atoms with Gasteiger partial charge in [0.05, 0.1) is 10.0 Å². The molecule has 0 bridgehead atoms. The highest BCUT2D eigenvalue weighted by atomic mass is 35.5. The Kier molecular flexibility index (Phi) is 6.15. The van der Waals surface area contributed by atoms with Gasteiger partial charge in [-0.15, -0.1) is 11.3 Å². The maximum atomic E-state index is 12.0. The first-order valence-electron chi connectivity index (χ1n) is 6.50. The summed E-state index contributed by atoms with van der Waals surface area (Å²) in [4.78, 5) is 28.5. The molecule has 1 amide bonds. The number of thiophene rings is 1. The molecule has 0 unspecified atom stereocenters. The van der Waals surface area contributed by atoms with E-state index in [2.05, 4.69) is 10.3 Å². The van der Waals surface area contributed by atoms with Gasteiger partial charge >= 0.3 is 5.97 Å². The molecule has 0 spiro atoms. The van der Waals surface area contributed by atoms with Crippen molar-refractivity contribution < 1.29 is 14.3 Å². The van der Waals surface area contributed by atoms with Crippen LogP contribution in [0.4, 0.5) is 5.82 Å². The van der Waals surface area contributed by atoms with Gasteiger partial charge in [0.2, 0.25) is 0 Å². The van der Waals surface area contributed by atoms with E-state index >= 15 is 0 Å². The van der Waals surface area contributed by atoms with Crippen molar-refractivity contribution in [1.82, 2.24) is 4.98 Å². The largest absolute Gasteiger partial charge is 0.449 e. The van der Waals surface area contributed by atoms with Crippen LogP contribution in [0.1, 0.15) is 11.8 Å². The Bertz CT molecular complexity index is 732. The molecule has 0 aliphatic carbocycles. The molecule has 0 aromatic carbocycles. The molecule has 0 saturated carbocycles. The first-order valence-corrected chi connectivity index (χ1v) is 8.13. The Morgan fingerprint density at radius 2 is 2.22 bits per heavy atom. The second-order valence-electron chi connectivity index (χ2n) is 4.40. The minimum Gasteiger partial charge on any atom is -0.449 e. The number of hydrogen-bond donors (Lipinski definition) is 1. The van der Waals surface area contributed by atoms with Crippen molar-refractivity contribution in [3.05, 3.63) is 50.8 Å². The van der Waals surface area contributed by atoms with Crippen LogP contribution in [0.15, 0.2) is 35.9 Å². The minimum atomic E-state index is -0.996. The van der Waals surface area contributed by atoms with Gasteiger partial charge in [-0.2, -0.15) is 0 Å². The summed E-state index contributed by atoms with van der Waals surface area (Å²) >= 11 is 13.1. The molecule has 8 heteroatoms. The molecule has 2 rings (SSSR count). The third kappa shape index (κ3) is 5.35. The van der Waals surface area contributed by atoms with Gasteiger partial charge in [0.1, 0.15) is 0 Å². The second kappa shape index (κ2) is 8.10. The van der Waals surface area contributed by atoms with Gasteiger partial charge < -0.3 is 10.1 Å². The Hall–Kier alpha value is -1.89. The summed E-state index contributed by atoms with van der Waals surface area (Å²) in [6.45, 7) is 1.45. The summed E-state index contributed by atoms with van der Waals surface area (Å²) in [6, 6.07) is 5.18. The number of anilines is 1. The zero-order valence-electron chi connectivity index (χ0n) is 12.0. The van der Waals surface area contributed by atoms with Crippen LogP contribution in [0.5, 0.6) is 0 Å². The lowest BCUT2D eigenvalue weighted by Gasteiger charge is -2.12. The quantitative estimate of drug-likeness (QED) is 0.636. The number of nitrogens with one attached hydrogen (secondary N) is 1. The summed E-state index contributed by atoms with van der Waals surface area (Å²) in [6.07, 6.45) is 3.24. The van der Waals surface area contributed by atoms with Crippen molar-refractivity contribution in [2.24, 2.45) is 0 Å². The van der Waals surface area contributed by atoms with Gasteiger partial charge in [0.25, 0.3) is 5.91 Å². The number of halogens is 2. The van der Waals surface area contributed by atoms with E-state index in [0.29, 0.717) is 5.02 Å². The highest BCUT2D eigenvalue weighted by Gasteiger charge is 2.18. The predicted octanol–water partition coefficient (Wildman–Crippen LogP) is 4.03. The first-order chi connectivity index (χ1) is 11.0. The molecule has 120 valence electrons. The summed E-state index contributed by atoms with van der Waals surface area (Å²) in [5.41, 5.74) is 0. The number of pyridine rings is 1. The zero-order valence-corrected chi connectivity index (χ0v) is 14.3. The van der Waals surface area contributed by atoms with Crippen LogP contribution >= 0.6 is 34.5 Å². The van der Waals surface area contributed by atoms with Crippen molar-refractivity contribution in [2.75, 3.05) is 5.32 Å². The van der Waals surface area contributed by atoms with Gasteiger partial charge in [0, 0.05) is 17.2 Å². The molecule has 1 N–H and O–H groups in total. The van der Waals surface area contributed by atoms with Gasteiger partial charge in [-0.25, -0.2) is 9.78 Å². The molecule has 23 heavy (non-hydrogen) atoms. The fourth-order valence-electron chi connectivity index (χ4n) is 1.53. The van der Waals surface area contributed by atoms with E-state index in [-0.39, 0.29) is 10.8 Å². The summed E-state index contributed by atoms with van der Waals surface area (Å²) in [5, 5.41) is 4.91. The van der Waals surface area contributed by atoms with E-state index in [0.717, 1.165) is 4.88 Å². The average Bonchev–Trinajstić information content (AvgIpc) is 3.01. The summed E-state index contributed by atoms with van der Waals surface area (Å²) in [5.74, 6) is -1.01. The van der Waals surface area contributed by atoms with Crippen molar-refractivity contribution in [3.63, 3.8) is 0 Å². The van der Waals surface area contributed by atoms with E-state index in [1.54, 1.807) is 6.08 Å². The number of ether oxygens (including phenoxy) is 1. The molecule has 0 aliphatic heterocycles. The predicted molar refractivity (Wildman–Crippen MR) is 91.8 cm³/mol. The molecular formula is C15H12Cl2N2O3S. The average molecular weight is 371 g/mol. The third-order valence-electron chi connectivity index (χ3n) is 2.64. The van der Waals surface area contributed by atoms with Crippen LogP contribution in [0, 0.1) is 0 Å². The lowest BCUT2D eigenvalue weighted by molar-refractivity contribution is -0.148. The number of aromatic nitrogens is 1. The van der Waals surface area contributed by atoms with Crippen LogP contribution in [0.25, 0.3) is 6.08 Å².